The van der Waals surface area contributed by atoms with Gasteiger partial charge in [-0.1, -0.05) is 167 Å². The van der Waals surface area contributed by atoms with Gasteiger partial charge in [0.05, 0.1) is 0 Å². The van der Waals surface area contributed by atoms with E-state index in [1.54, 1.807) is 24.3 Å². The molecule has 1 amide bonds. The van der Waals surface area contributed by atoms with E-state index in [1.807, 2.05) is 0 Å². The minimum atomic E-state index is 0.0695. The van der Waals surface area contributed by atoms with Crippen molar-refractivity contribution in [1.29, 1.82) is 0 Å². The molecule has 1 aromatic carbocycles. The average molecular weight is 530 g/mol. The van der Waals surface area contributed by atoms with Gasteiger partial charge in [0.1, 0.15) is 5.75 Å². The van der Waals surface area contributed by atoms with Crippen LogP contribution in [0.3, 0.4) is 0 Å². The van der Waals surface area contributed by atoms with Crippen LogP contribution in [0.15, 0.2) is 24.3 Å². The molecule has 0 atom stereocenters. The predicted molar refractivity (Wildman–Crippen MR) is 167 cm³/mol. The monoisotopic (exact) mass is 529 g/mol. The first-order chi connectivity index (χ1) is 18.7. The second-order valence-corrected chi connectivity index (χ2v) is 11.7. The van der Waals surface area contributed by atoms with Crippen LogP contribution in [-0.4, -0.2) is 11.0 Å². The zero-order chi connectivity index (χ0) is 27.4. The molecule has 0 radical (unpaired) electrons. The molecule has 3 heteroatoms. The Morgan fingerprint density at radius 3 is 1.11 bits per heavy atom. The van der Waals surface area contributed by atoms with E-state index < -0.39 is 0 Å². The Morgan fingerprint density at radius 1 is 0.500 bits per heavy atom. The summed E-state index contributed by atoms with van der Waals surface area (Å²) < 4.78 is 0. The number of carbonyl (C=O) groups excluding carboxylic acids is 1. The van der Waals surface area contributed by atoms with Crippen LogP contribution in [-0.2, 0) is 4.79 Å². The first kappa shape index (κ1) is 34.5. The molecule has 1 rings (SSSR count). The molecule has 3 nitrogen and oxygen atoms in total. The zero-order valence-corrected chi connectivity index (χ0v) is 25.3. The molecule has 0 spiro atoms. The lowest BCUT2D eigenvalue weighted by Gasteiger charge is -2.06. The highest BCUT2D eigenvalue weighted by molar-refractivity contribution is 5.90. The number of anilines is 1. The number of amides is 1. The van der Waals surface area contributed by atoms with Gasteiger partial charge in [0.25, 0.3) is 0 Å². The molecule has 1 aromatic rings. The van der Waals surface area contributed by atoms with Crippen molar-refractivity contribution in [1.82, 2.24) is 0 Å². The number of rotatable bonds is 28. The van der Waals surface area contributed by atoms with Gasteiger partial charge in [0.15, 0.2) is 0 Å². The lowest BCUT2D eigenvalue weighted by Crippen LogP contribution is -2.10. The summed E-state index contributed by atoms with van der Waals surface area (Å²) in [7, 11) is 0. The third-order valence-corrected chi connectivity index (χ3v) is 7.91. The standard InChI is InChI=1S/C35H63NO2/c1-2-3-4-5-6-7-8-9-10-11-12-13-14-15-16-17-18-19-20-21-22-23-24-25-26-27-28-35(38)36-33-29-31-34(37)32-30-33/h29-32,37H,2-28H2,1H3,(H,36,38). The summed E-state index contributed by atoms with van der Waals surface area (Å²) in [6.45, 7) is 2.30. The third kappa shape index (κ3) is 23.6. The number of phenols is 1. The van der Waals surface area contributed by atoms with E-state index in [9.17, 15) is 9.90 Å². The van der Waals surface area contributed by atoms with E-state index in [0.717, 1.165) is 18.5 Å². The van der Waals surface area contributed by atoms with Crippen LogP contribution < -0.4 is 5.32 Å². The molecule has 0 aliphatic carbocycles. The Kier molecular flexibility index (Phi) is 24.6. The minimum Gasteiger partial charge on any atom is -0.508 e. The Morgan fingerprint density at radius 2 is 0.789 bits per heavy atom. The van der Waals surface area contributed by atoms with Crippen molar-refractivity contribution in [2.45, 2.75) is 180 Å². The highest BCUT2D eigenvalue weighted by atomic mass is 16.3. The fraction of sp³-hybridized carbons (Fsp3) is 0.800. The maximum atomic E-state index is 12.0. The first-order valence-electron chi connectivity index (χ1n) is 16.8. The van der Waals surface area contributed by atoms with Crippen molar-refractivity contribution in [3.8, 4) is 5.75 Å². The summed E-state index contributed by atoms with van der Waals surface area (Å²) >= 11 is 0. The number of benzene rings is 1. The maximum absolute atomic E-state index is 12.0. The van der Waals surface area contributed by atoms with Crippen molar-refractivity contribution in [3.05, 3.63) is 24.3 Å². The van der Waals surface area contributed by atoms with Gasteiger partial charge in [-0.15, -0.1) is 0 Å². The average Bonchev–Trinajstić information content (AvgIpc) is 2.92. The summed E-state index contributed by atoms with van der Waals surface area (Å²) in [5, 5.41) is 12.2. The largest absolute Gasteiger partial charge is 0.508 e. The summed E-state index contributed by atoms with van der Waals surface area (Å²) in [4.78, 5) is 12.0. The molecule has 0 unspecified atom stereocenters. The van der Waals surface area contributed by atoms with Crippen LogP contribution in [0, 0.1) is 0 Å². The van der Waals surface area contributed by atoms with Gasteiger partial charge in [-0.2, -0.15) is 0 Å². The smallest absolute Gasteiger partial charge is 0.224 e. The molecule has 0 heterocycles. The molecule has 0 aliphatic heterocycles. The molecule has 2 N–H and O–H groups in total. The normalized spacial score (nSPS) is 11.2. The molecule has 38 heavy (non-hydrogen) atoms. The first-order valence-corrected chi connectivity index (χ1v) is 16.8. The Balaban J connectivity index is 1.69. The van der Waals surface area contributed by atoms with Crippen LogP contribution in [0.4, 0.5) is 5.69 Å². The van der Waals surface area contributed by atoms with Crippen LogP contribution >= 0.6 is 0 Å². The molecular formula is C35H63NO2. The second-order valence-electron chi connectivity index (χ2n) is 11.7. The lowest BCUT2D eigenvalue weighted by molar-refractivity contribution is -0.116. The third-order valence-electron chi connectivity index (χ3n) is 7.91. The lowest BCUT2D eigenvalue weighted by atomic mass is 10.0. The van der Waals surface area contributed by atoms with Crippen LogP contribution in [0.25, 0.3) is 0 Å². The van der Waals surface area contributed by atoms with E-state index in [-0.39, 0.29) is 11.7 Å². The molecule has 0 aromatic heterocycles. The van der Waals surface area contributed by atoms with E-state index in [1.165, 1.54) is 154 Å². The summed E-state index contributed by atoms with van der Waals surface area (Å²) in [6, 6.07) is 6.65. The maximum Gasteiger partial charge on any atom is 0.224 e. The van der Waals surface area contributed by atoms with E-state index >= 15 is 0 Å². The quantitative estimate of drug-likeness (QED) is 0.0837. The number of hydrogen-bond donors (Lipinski definition) is 2. The highest BCUT2D eigenvalue weighted by Gasteiger charge is 2.02. The number of nitrogens with one attached hydrogen (secondary N) is 1. The number of aromatic hydroxyl groups is 1. The Hall–Kier alpha value is -1.51. The Bertz CT molecular complexity index is 627. The summed E-state index contributed by atoms with van der Waals surface area (Å²) in [5.74, 6) is 0.290. The fourth-order valence-electron chi connectivity index (χ4n) is 5.37. The van der Waals surface area contributed by atoms with Crippen molar-refractivity contribution in [2.75, 3.05) is 5.32 Å². The molecule has 0 aliphatic rings. The van der Waals surface area contributed by atoms with Gasteiger partial charge in [0.2, 0.25) is 5.91 Å². The van der Waals surface area contributed by atoms with Gasteiger partial charge in [-0.05, 0) is 30.7 Å². The summed E-state index contributed by atoms with van der Waals surface area (Å²) in [6.07, 6.45) is 36.9. The van der Waals surface area contributed by atoms with Crippen molar-refractivity contribution >= 4 is 11.6 Å². The molecular weight excluding hydrogens is 466 g/mol. The fourth-order valence-corrected chi connectivity index (χ4v) is 5.37. The van der Waals surface area contributed by atoms with E-state index in [2.05, 4.69) is 12.2 Å². The number of hydrogen-bond acceptors (Lipinski definition) is 2. The minimum absolute atomic E-state index is 0.0695. The zero-order valence-electron chi connectivity index (χ0n) is 25.3. The van der Waals surface area contributed by atoms with E-state index in [4.69, 9.17) is 0 Å². The topological polar surface area (TPSA) is 49.3 Å². The number of carbonyl (C=O) groups is 1. The van der Waals surface area contributed by atoms with Crippen molar-refractivity contribution in [2.24, 2.45) is 0 Å². The van der Waals surface area contributed by atoms with Crippen molar-refractivity contribution < 1.29 is 9.90 Å². The predicted octanol–water partition coefficient (Wildman–Crippen LogP) is 11.9. The van der Waals surface area contributed by atoms with Gasteiger partial charge >= 0.3 is 0 Å². The molecule has 0 saturated carbocycles. The van der Waals surface area contributed by atoms with Crippen LogP contribution in [0.2, 0.25) is 0 Å². The van der Waals surface area contributed by atoms with Gasteiger partial charge < -0.3 is 10.4 Å². The van der Waals surface area contributed by atoms with Gasteiger partial charge in [-0.3, -0.25) is 4.79 Å². The van der Waals surface area contributed by atoms with Crippen LogP contribution in [0.1, 0.15) is 180 Å². The van der Waals surface area contributed by atoms with Crippen LogP contribution in [0.5, 0.6) is 5.75 Å². The van der Waals surface area contributed by atoms with E-state index in [0.29, 0.717) is 6.42 Å². The second kappa shape index (κ2) is 27.1. The van der Waals surface area contributed by atoms with Crippen molar-refractivity contribution in [3.63, 3.8) is 0 Å². The Labute approximate surface area is 237 Å². The summed E-state index contributed by atoms with van der Waals surface area (Å²) in [5.41, 5.74) is 0.752. The molecule has 0 fully saturated rings. The molecule has 220 valence electrons. The van der Waals surface area contributed by atoms with Gasteiger partial charge in [0, 0.05) is 12.1 Å². The van der Waals surface area contributed by atoms with Gasteiger partial charge in [-0.25, -0.2) is 0 Å². The number of unbranched alkanes of at least 4 members (excludes halogenated alkanes) is 25. The number of phenolic OH excluding ortho intramolecular Hbond substituents is 1. The molecule has 0 saturated heterocycles. The highest BCUT2D eigenvalue weighted by Crippen LogP contribution is 2.17. The SMILES string of the molecule is CCCCCCCCCCCCCCCCCCCCCCCCCCCCC(=O)Nc1ccc(O)cc1. The molecule has 0 bridgehead atoms.